The molecule has 1 N–H and O–H groups in total. The highest BCUT2D eigenvalue weighted by atomic mass is 32.2. The highest BCUT2D eigenvalue weighted by Gasteiger charge is 2.28. The molecule has 1 fully saturated rings. The molecule has 0 radical (unpaired) electrons. The van der Waals surface area contributed by atoms with Crippen LogP contribution in [-0.2, 0) is 26.5 Å². The van der Waals surface area contributed by atoms with Gasteiger partial charge in [0.25, 0.3) is 10.0 Å². The zero-order valence-electron chi connectivity index (χ0n) is 17.7. The summed E-state index contributed by atoms with van der Waals surface area (Å²) in [5.74, 6) is 0.833. The van der Waals surface area contributed by atoms with E-state index in [1.54, 1.807) is 12.1 Å². The van der Waals surface area contributed by atoms with Crippen molar-refractivity contribution in [3.63, 3.8) is 0 Å². The van der Waals surface area contributed by atoms with E-state index in [1.165, 1.54) is 28.6 Å². The predicted octanol–water partition coefficient (Wildman–Crippen LogP) is 4.11. The van der Waals surface area contributed by atoms with Gasteiger partial charge in [0, 0.05) is 18.8 Å². The summed E-state index contributed by atoms with van der Waals surface area (Å²) in [5, 5.41) is 0. The van der Waals surface area contributed by atoms with Crippen LogP contribution in [0.25, 0.3) is 0 Å². The lowest BCUT2D eigenvalue weighted by atomic mass is 10.0. The number of hydrogen-bond acceptors (Lipinski definition) is 4. The maximum atomic E-state index is 12.8. The molecule has 8 heteroatoms. The molecule has 1 atom stereocenters. The van der Waals surface area contributed by atoms with E-state index in [9.17, 15) is 16.8 Å². The predicted molar refractivity (Wildman–Crippen MR) is 119 cm³/mol. The van der Waals surface area contributed by atoms with Gasteiger partial charge in [-0.25, -0.2) is 16.8 Å². The fourth-order valence-electron chi connectivity index (χ4n) is 3.70. The summed E-state index contributed by atoms with van der Waals surface area (Å²) >= 11 is 0. The van der Waals surface area contributed by atoms with Gasteiger partial charge in [0.1, 0.15) is 0 Å². The number of sulfonamides is 2. The molecule has 1 aliphatic heterocycles. The van der Waals surface area contributed by atoms with Crippen molar-refractivity contribution in [2.45, 2.75) is 49.8 Å². The number of benzene rings is 2. The lowest BCUT2D eigenvalue weighted by Gasteiger charge is -2.30. The fourth-order valence-corrected chi connectivity index (χ4v) is 6.36. The second-order valence-electron chi connectivity index (χ2n) is 8.48. The highest BCUT2D eigenvalue weighted by molar-refractivity contribution is 7.92. The van der Waals surface area contributed by atoms with Gasteiger partial charge in [-0.05, 0) is 73.1 Å². The maximum Gasteiger partial charge on any atom is 0.261 e. The molecule has 0 saturated carbocycles. The lowest BCUT2D eigenvalue weighted by Crippen LogP contribution is -2.39. The topological polar surface area (TPSA) is 83.5 Å². The molecule has 0 aliphatic carbocycles. The third kappa shape index (κ3) is 5.42. The summed E-state index contributed by atoms with van der Waals surface area (Å²) in [6.07, 6.45) is 2.78. The van der Waals surface area contributed by atoms with E-state index >= 15 is 0 Å². The summed E-state index contributed by atoms with van der Waals surface area (Å²) < 4.78 is 55.1. The van der Waals surface area contributed by atoms with E-state index in [4.69, 9.17) is 0 Å². The molecule has 30 heavy (non-hydrogen) atoms. The van der Waals surface area contributed by atoms with Crippen LogP contribution in [0, 0.1) is 11.8 Å². The van der Waals surface area contributed by atoms with Crippen molar-refractivity contribution in [1.29, 1.82) is 0 Å². The first kappa shape index (κ1) is 22.8. The standard InChI is InChI=1S/C22H30N2O4S2/c1-17(2)15-19-6-10-21(11-7-19)29(25,26)23-20-8-12-22(13-9-20)30(27,28)24-14-4-5-18(3)16-24/h6-13,17-18,23H,4-5,14-16H2,1-3H3. The molecule has 1 heterocycles. The Hall–Kier alpha value is -1.90. The van der Waals surface area contributed by atoms with Crippen molar-refractivity contribution in [1.82, 2.24) is 4.31 Å². The van der Waals surface area contributed by atoms with Gasteiger partial charge in [0.2, 0.25) is 10.0 Å². The molecule has 3 rings (SSSR count). The highest BCUT2D eigenvalue weighted by Crippen LogP contribution is 2.25. The van der Waals surface area contributed by atoms with Crippen LogP contribution in [0.3, 0.4) is 0 Å². The van der Waals surface area contributed by atoms with Gasteiger partial charge in [-0.1, -0.05) is 32.9 Å². The summed E-state index contributed by atoms with van der Waals surface area (Å²) in [4.78, 5) is 0.353. The first-order chi connectivity index (χ1) is 14.1. The SMILES string of the molecule is CC(C)Cc1ccc(S(=O)(=O)Nc2ccc(S(=O)(=O)N3CCCC(C)C3)cc2)cc1. The molecule has 164 valence electrons. The molecule has 1 saturated heterocycles. The average Bonchev–Trinajstić information content (AvgIpc) is 2.68. The summed E-state index contributed by atoms with van der Waals surface area (Å²) in [7, 11) is -7.31. The number of anilines is 1. The molecule has 2 aromatic carbocycles. The third-order valence-corrected chi connectivity index (χ3v) is 8.52. The van der Waals surface area contributed by atoms with Crippen molar-refractivity contribution in [3.8, 4) is 0 Å². The monoisotopic (exact) mass is 450 g/mol. The molecule has 1 aliphatic rings. The zero-order chi connectivity index (χ0) is 21.9. The fraction of sp³-hybridized carbons (Fsp3) is 0.455. The molecular weight excluding hydrogens is 420 g/mol. The largest absolute Gasteiger partial charge is 0.280 e. The zero-order valence-corrected chi connectivity index (χ0v) is 19.3. The molecular formula is C22H30N2O4S2. The summed E-state index contributed by atoms with van der Waals surface area (Å²) in [5.41, 5.74) is 1.41. The van der Waals surface area contributed by atoms with E-state index in [2.05, 4.69) is 25.5 Å². The van der Waals surface area contributed by atoms with E-state index < -0.39 is 20.0 Å². The minimum absolute atomic E-state index is 0.175. The third-order valence-electron chi connectivity index (χ3n) is 5.24. The Kier molecular flexibility index (Phi) is 6.89. The van der Waals surface area contributed by atoms with Crippen molar-refractivity contribution >= 4 is 25.7 Å². The Morgan fingerprint density at radius 3 is 2.13 bits per heavy atom. The van der Waals surface area contributed by atoms with Gasteiger partial charge in [-0.2, -0.15) is 4.31 Å². The van der Waals surface area contributed by atoms with Crippen LogP contribution in [0.5, 0.6) is 0 Å². The summed E-state index contributed by atoms with van der Waals surface area (Å²) in [6, 6.07) is 12.7. The van der Waals surface area contributed by atoms with Gasteiger partial charge < -0.3 is 0 Å². The van der Waals surface area contributed by atoms with Crippen LogP contribution >= 0.6 is 0 Å². The van der Waals surface area contributed by atoms with Crippen LogP contribution in [0.2, 0.25) is 0 Å². The number of rotatable bonds is 7. The van der Waals surface area contributed by atoms with Crippen LogP contribution in [0.4, 0.5) is 5.69 Å². The second-order valence-corrected chi connectivity index (χ2v) is 12.1. The van der Waals surface area contributed by atoms with Crippen molar-refractivity contribution in [2.75, 3.05) is 17.8 Å². The van der Waals surface area contributed by atoms with Gasteiger partial charge in [-0.15, -0.1) is 0 Å². The van der Waals surface area contributed by atoms with Crippen molar-refractivity contribution in [3.05, 3.63) is 54.1 Å². The normalized spacial score (nSPS) is 18.5. The van der Waals surface area contributed by atoms with Crippen LogP contribution < -0.4 is 4.72 Å². The first-order valence-electron chi connectivity index (χ1n) is 10.3. The molecule has 0 aromatic heterocycles. The molecule has 0 bridgehead atoms. The number of piperidine rings is 1. The van der Waals surface area contributed by atoms with Gasteiger partial charge in [0.15, 0.2) is 0 Å². The minimum atomic E-state index is -3.74. The van der Waals surface area contributed by atoms with Crippen LogP contribution in [-0.4, -0.2) is 34.2 Å². The second kappa shape index (κ2) is 9.08. The Bertz CT molecular complexity index is 1060. The van der Waals surface area contributed by atoms with Crippen LogP contribution in [0.15, 0.2) is 58.3 Å². The van der Waals surface area contributed by atoms with Crippen molar-refractivity contribution in [2.24, 2.45) is 11.8 Å². The number of nitrogens with zero attached hydrogens (tertiary/aromatic N) is 1. The maximum absolute atomic E-state index is 12.8. The van der Waals surface area contributed by atoms with Crippen molar-refractivity contribution < 1.29 is 16.8 Å². The summed E-state index contributed by atoms with van der Waals surface area (Å²) in [6.45, 7) is 7.32. The molecule has 2 aromatic rings. The number of hydrogen-bond donors (Lipinski definition) is 1. The van der Waals surface area contributed by atoms with Gasteiger partial charge in [-0.3, -0.25) is 4.72 Å². The Morgan fingerprint density at radius 1 is 0.967 bits per heavy atom. The number of nitrogens with one attached hydrogen (secondary N) is 1. The Balaban J connectivity index is 1.73. The first-order valence-corrected chi connectivity index (χ1v) is 13.2. The molecule has 0 spiro atoms. The molecule has 6 nitrogen and oxygen atoms in total. The Labute approximate surface area is 180 Å². The Morgan fingerprint density at radius 2 is 1.57 bits per heavy atom. The smallest absolute Gasteiger partial charge is 0.261 e. The van der Waals surface area contributed by atoms with Gasteiger partial charge >= 0.3 is 0 Å². The van der Waals surface area contributed by atoms with Crippen LogP contribution in [0.1, 0.15) is 39.2 Å². The van der Waals surface area contributed by atoms with E-state index in [0.717, 1.165) is 24.8 Å². The van der Waals surface area contributed by atoms with E-state index in [1.807, 2.05) is 12.1 Å². The lowest BCUT2D eigenvalue weighted by molar-refractivity contribution is 0.281. The molecule has 1 unspecified atom stereocenters. The van der Waals surface area contributed by atoms with E-state index in [-0.39, 0.29) is 9.79 Å². The average molecular weight is 451 g/mol. The quantitative estimate of drug-likeness (QED) is 0.688. The van der Waals surface area contributed by atoms with E-state index in [0.29, 0.717) is 30.6 Å². The van der Waals surface area contributed by atoms with Gasteiger partial charge in [0.05, 0.1) is 9.79 Å². The molecule has 0 amide bonds. The minimum Gasteiger partial charge on any atom is -0.280 e.